The van der Waals surface area contributed by atoms with Crippen molar-refractivity contribution in [3.63, 3.8) is 0 Å². The molecule has 1 aliphatic rings. The monoisotopic (exact) mass is 376 g/mol. The standard InChI is InChI=1S/C14H18FIN2O/c1-9-7-18(8-10(2)17(9)3)14(19)12-5-4-11(15)6-13(12)16/h4-6,9-10H,7-8H2,1-3H3. The molecular formula is C14H18FIN2O. The van der Waals surface area contributed by atoms with Crippen LogP contribution in [0.1, 0.15) is 24.2 Å². The van der Waals surface area contributed by atoms with Crippen LogP contribution in [0.3, 0.4) is 0 Å². The van der Waals surface area contributed by atoms with E-state index in [0.29, 0.717) is 34.3 Å². The van der Waals surface area contributed by atoms with Gasteiger partial charge in [0.25, 0.3) is 5.91 Å². The van der Waals surface area contributed by atoms with E-state index in [0.717, 1.165) is 0 Å². The number of nitrogens with zero attached hydrogens (tertiary/aromatic N) is 2. The number of piperazine rings is 1. The van der Waals surface area contributed by atoms with Gasteiger partial charge < -0.3 is 4.90 Å². The predicted octanol–water partition coefficient (Wildman–Crippen LogP) is 2.59. The highest BCUT2D eigenvalue weighted by Gasteiger charge is 2.30. The normalized spacial score (nSPS) is 24.6. The Morgan fingerprint density at radius 3 is 2.42 bits per heavy atom. The summed E-state index contributed by atoms with van der Waals surface area (Å²) in [6.45, 7) is 5.66. The summed E-state index contributed by atoms with van der Waals surface area (Å²) >= 11 is 2.01. The molecule has 2 atom stereocenters. The number of amides is 1. The van der Waals surface area contributed by atoms with Crippen molar-refractivity contribution in [1.82, 2.24) is 9.80 Å². The van der Waals surface area contributed by atoms with Crippen molar-refractivity contribution >= 4 is 28.5 Å². The molecule has 1 fully saturated rings. The van der Waals surface area contributed by atoms with Gasteiger partial charge in [0.15, 0.2) is 0 Å². The highest BCUT2D eigenvalue weighted by atomic mass is 127. The van der Waals surface area contributed by atoms with Crippen molar-refractivity contribution < 1.29 is 9.18 Å². The first kappa shape index (κ1) is 14.7. The zero-order valence-corrected chi connectivity index (χ0v) is 13.5. The molecule has 2 rings (SSSR count). The van der Waals surface area contributed by atoms with Gasteiger partial charge in [0.2, 0.25) is 0 Å². The van der Waals surface area contributed by atoms with Crippen molar-refractivity contribution in [2.45, 2.75) is 25.9 Å². The summed E-state index contributed by atoms with van der Waals surface area (Å²) in [4.78, 5) is 16.7. The number of carbonyl (C=O) groups excluding carboxylic acids is 1. The summed E-state index contributed by atoms with van der Waals surface area (Å²) < 4.78 is 13.8. The largest absolute Gasteiger partial charge is 0.335 e. The lowest BCUT2D eigenvalue weighted by Gasteiger charge is -2.42. The molecule has 1 aromatic rings. The second-order valence-corrected chi connectivity index (χ2v) is 6.36. The van der Waals surface area contributed by atoms with Crippen molar-refractivity contribution in [3.8, 4) is 0 Å². The first-order chi connectivity index (χ1) is 8.90. The number of benzene rings is 1. The van der Waals surface area contributed by atoms with E-state index in [1.165, 1.54) is 12.1 Å². The quantitative estimate of drug-likeness (QED) is 0.704. The van der Waals surface area contributed by atoms with Crippen LogP contribution in [0, 0.1) is 9.39 Å². The van der Waals surface area contributed by atoms with E-state index in [-0.39, 0.29) is 11.7 Å². The molecule has 0 bridgehead atoms. The third-order valence-corrected chi connectivity index (χ3v) is 4.70. The van der Waals surface area contributed by atoms with Gasteiger partial charge >= 0.3 is 0 Å². The molecular weight excluding hydrogens is 358 g/mol. The van der Waals surface area contributed by atoms with Crippen molar-refractivity contribution in [3.05, 3.63) is 33.1 Å². The fourth-order valence-electron chi connectivity index (χ4n) is 2.40. The molecule has 104 valence electrons. The third-order valence-electron chi connectivity index (χ3n) is 3.81. The van der Waals surface area contributed by atoms with Crippen molar-refractivity contribution in [2.75, 3.05) is 20.1 Å². The summed E-state index contributed by atoms with van der Waals surface area (Å²) in [6, 6.07) is 5.00. The van der Waals surface area contributed by atoms with Crippen LogP contribution in [0.2, 0.25) is 0 Å². The Morgan fingerprint density at radius 2 is 1.89 bits per heavy atom. The highest BCUT2D eigenvalue weighted by Crippen LogP contribution is 2.20. The number of halogens is 2. The van der Waals surface area contributed by atoms with Gasteiger partial charge in [-0.1, -0.05) is 0 Å². The Hall–Kier alpha value is -0.690. The Labute approximate surface area is 126 Å². The summed E-state index contributed by atoms with van der Waals surface area (Å²) in [5.41, 5.74) is 0.589. The lowest BCUT2D eigenvalue weighted by atomic mass is 10.1. The van der Waals surface area contributed by atoms with Gasteiger partial charge in [0, 0.05) is 28.7 Å². The molecule has 1 aliphatic heterocycles. The number of hydrogen-bond acceptors (Lipinski definition) is 2. The fourth-order valence-corrected chi connectivity index (χ4v) is 3.11. The molecule has 0 spiro atoms. The Kier molecular flexibility index (Phi) is 4.45. The molecule has 3 nitrogen and oxygen atoms in total. The smallest absolute Gasteiger partial charge is 0.255 e. The zero-order chi connectivity index (χ0) is 14.2. The van der Waals surface area contributed by atoms with Crippen LogP contribution in [-0.2, 0) is 0 Å². The highest BCUT2D eigenvalue weighted by molar-refractivity contribution is 14.1. The van der Waals surface area contributed by atoms with E-state index in [4.69, 9.17) is 0 Å². The molecule has 1 amide bonds. The van der Waals surface area contributed by atoms with Gasteiger partial charge in [-0.3, -0.25) is 9.69 Å². The van der Waals surface area contributed by atoms with Gasteiger partial charge in [-0.2, -0.15) is 0 Å². The van der Waals surface area contributed by atoms with Crippen molar-refractivity contribution in [1.29, 1.82) is 0 Å². The zero-order valence-electron chi connectivity index (χ0n) is 11.4. The van der Waals surface area contributed by atoms with Crippen LogP contribution >= 0.6 is 22.6 Å². The Balaban J connectivity index is 2.20. The molecule has 1 saturated heterocycles. The Morgan fingerprint density at radius 1 is 1.32 bits per heavy atom. The predicted molar refractivity (Wildman–Crippen MR) is 81.7 cm³/mol. The minimum Gasteiger partial charge on any atom is -0.335 e. The van der Waals surface area contributed by atoms with Gasteiger partial charge in [-0.05, 0) is 61.7 Å². The van der Waals surface area contributed by atoms with Crippen LogP contribution in [0.4, 0.5) is 4.39 Å². The first-order valence-corrected chi connectivity index (χ1v) is 7.44. The van der Waals surface area contributed by atoms with E-state index in [1.54, 1.807) is 6.07 Å². The average Bonchev–Trinajstić information content (AvgIpc) is 2.34. The van der Waals surface area contributed by atoms with Crippen LogP contribution in [0.15, 0.2) is 18.2 Å². The number of hydrogen-bond donors (Lipinski definition) is 0. The van der Waals surface area contributed by atoms with Crippen LogP contribution in [0.25, 0.3) is 0 Å². The molecule has 1 aromatic carbocycles. The van der Waals surface area contributed by atoms with Gasteiger partial charge in [0.05, 0.1) is 5.56 Å². The number of rotatable bonds is 1. The molecule has 0 saturated carbocycles. The minimum atomic E-state index is -0.305. The topological polar surface area (TPSA) is 23.6 Å². The average molecular weight is 376 g/mol. The number of likely N-dealkylation sites (N-methyl/N-ethyl adjacent to an activating group) is 1. The molecule has 0 aliphatic carbocycles. The maximum atomic E-state index is 13.1. The second kappa shape index (κ2) is 5.75. The van der Waals surface area contributed by atoms with E-state index < -0.39 is 0 Å². The molecule has 0 radical (unpaired) electrons. The number of carbonyl (C=O) groups is 1. The molecule has 19 heavy (non-hydrogen) atoms. The first-order valence-electron chi connectivity index (χ1n) is 6.36. The van der Waals surface area contributed by atoms with Crippen LogP contribution in [0.5, 0.6) is 0 Å². The van der Waals surface area contributed by atoms with E-state index in [2.05, 4.69) is 25.8 Å². The SMILES string of the molecule is CC1CN(C(=O)c2ccc(F)cc2I)CC(C)N1C. The molecule has 0 aromatic heterocycles. The fraction of sp³-hybridized carbons (Fsp3) is 0.500. The van der Waals surface area contributed by atoms with E-state index in [9.17, 15) is 9.18 Å². The second-order valence-electron chi connectivity index (χ2n) is 5.20. The van der Waals surface area contributed by atoms with Crippen LogP contribution in [-0.4, -0.2) is 47.9 Å². The van der Waals surface area contributed by atoms with Gasteiger partial charge in [-0.25, -0.2) is 4.39 Å². The minimum absolute atomic E-state index is 0.00352. The van der Waals surface area contributed by atoms with E-state index >= 15 is 0 Å². The molecule has 1 heterocycles. The molecule has 2 unspecified atom stereocenters. The van der Waals surface area contributed by atoms with Crippen molar-refractivity contribution in [2.24, 2.45) is 0 Å². The van der Waals surface area contributed by atoms with Gasteiger partial charge in [-0.15, -0.1) is 0 Å². The maximum Gasteiger partial charge on any atom is 0.255 e. The maximum absolute atomic E-state index is 13.1. The molecule has 5 heteroatoms. The third kappa shape index (κ3) is 3.08. The van der Waals surface area contributed by atoms with Gasteiger partial charge in [0.1, 0.15) is 5.82 Å². The van der Waals surface area contributed by atoms with E-state index in [1.807, 2.05) is 27.5 Å². The lowest BCUT2D eigenvalue weighted by Crippen LogP contribution is -2.56. The summed E-state index contributed by atoms with van der Waals surface area (Å²) in [5, 5.41) is 0. The Bertz CT molecular complexity index is 482. The summed E-state index contributed by atoms with van der Waals surface area (Å²) in [5.74, 6) is -0.308. The summed E-state index contributed by atoms with van der Waals surface area (Å²) in [6.07, 6.45) is 0. The molecule has 0 N–H and O–H groups in total. The lowest BCUT2D eigenvalue weighted by molar-refractivity contribution is 0.0413. The van der Waals surface area contributed by atoms with Crippen LogP contribution < -0.4 is 0 Å². The summed E-state index contributed by atoms with van der Waals surface area (Å²) in [7, 11) is 2.08.